The highest BCUT2D eigenvalue weighted by Gasteiger charge is 2.21. The molecule has 1 nitrogen and oxygen atoms in total. The van der Waals surface area contributed by atoms with Crippen LogP contribution in [0.4, 0.5) is 0 Å². The first-order chi connectivity index (χ1) is 10.8. The second-order valence-electron chi connectivity index (χ2n) is 6.41. The van der Waals surface area contributed by atoms with Crippen LogP contribution >= 0.6 is 0 Å². The highest BCUT2D eigenvalue weighted by Crippen LogP contribution is 2.37. The highest BCUT2D eigenvalue weighted by molar-refractivity contribution is 5.25. The van der Waals surface area contributed by atoms with Gasteiger partial charge in [0.05, 0.1) is 13.2 Å². The molecule has 0 saturated heterocycles. The van der Waals surface area contributed by atoms with Crippen molar-refractivity contribution in [1.29, 1.82) is 0 Å². The summed E-state index contributed by atoms with van der Waals surface area (Å²) in [6.07, 6.45) is 14.4. The van der Waals surface area contributed by atoms with Crippen molar-refractivity contribution >= 4 is 0 Å². The van der Waals surface area contributed by atoms with Crippen LogP contribution in [-0.4, -0.2) is 6.61 Å². The predicted octanol–water partition coefficient (Wildman–Crippen LogP) is 6.02. The van der Waals surface area contributed by atoms with Gasteiger partial charge >= 0.3 is 0 Å². The molecule has 0 N–H and O–H groups in total. The minimum absolute atomic E-state index is 0.624. The highest BCUT2D eigenvalue weighted by atomic mass is 16.5. The normalized spacial score (nSPS) is 22.0. The number of benzene rings is 1. The van der Waals surface area contributed by atoms with Crippen molar-refractivity contribution in [1.82, 2.24) is 0 Å². The van der Waals surface area contributed by atoms with E-state index < -0.39 is 0 Å². The molecule has 0 heterocycles. The van der Waals surface area contributed by atoms with Crippen LogP contribution in [0, 0.1) is 5.92 Å². The van der Waals surface area contributed by atoms with E-state index in [1.807, 2.05) is 0 Å². The number of hydrogen-bond acceptors (Lipinski definition) is 1. The molecule has 0 radical (unpaired) electrons. The zero-order chi connectivity index (χ0) is 15.6. The first kappa shape index (κ1) is 17.0. The van der Waals surface area contributed by atoms with Crippen LogP contribution in [0.2, 0.25) is 0 Å². The van der Waals surface area contributed by atoms with Gasteiger partial charge in [0.15, 0.2) is 0 Å². The summed E-state index contributed by atoms with van der Waals surface area (Å²) in [4.78, 5) is 0. The number of ether oxygens (including phenoxy) is 1. The van der Waals surface area contributed by atoms with E-state index in [1.54, 1.807) is 6.08 Å². The van der Waals surface area contributed by atoms with Crippen molar-refractivity contribution in [3.05, 3.63) is 60.2 Å². The van der Waals surface area contributed by atoms with Crippen LogP contribution < -0.4 is 0 Å². The van der Waals surface area contributed by atoms with Gasteiger partial charge in [-0.2, -0.15) is 0 Å². The maximum absolute atomic E-state index is 5.49. The third-order valence-corrected chi connectivity index (χ3v) is 4.78. The van der Waals surface area contributed by atoms with Gasteiger partial charge in [-0.25, -0.2) is 0 Å². The van der Waals surface area contributed by atoms with Gasteiger partial charge in [-0.15, -0.1) is 6.58 Å². The molecule has 1 saturated carbocycles. The molecular weight excluding hydrogens is 268 g/mol. The monoisotopic (exact) mass is 298 g/mol. The Kier molecular flexibility index (Phi) is 7.45. The van der Waals surface area contributed by atoms with Crippen LogP contribution in [0.15, 0.2) is 49.1 Å². The van der Waals surface area contributed by atoms with Crippen molar-refractivity contribution in [2.75, 3.05) is 6.61 Å². The summed E-state index contributed by atoms with van der Waals surface area (Å²) in [5.41, 5.74) is 2.77. The number of hydrogen-bond donors (Lipinski definition) is 0. The molecule has 0 unspecified atom stereocenters. The summed E-state index contributed by atoms with van der Waals surface area (Å²) >= 11 is 0. The van der Waals surface area contributed by atoms with E-state index in [4.69, 9.17) is 4.74 Å². The molecule has 0 atom stereocenters. The van der Waals surface area contributed by atoms with Crippen LogP contribution in [0.5, 0.6) is 0 Å². The molecule has 120 valence electrons. The molecule has 1 aromatic rings. The Hall–Kier alpha value is -1.34. The summed E-state index contributed by atoms with van der Waals surface area (Å²) in [7, 11) is 0. The summed E-state index contributed by atoms with van der Waals surface area (Å²) < 4.78 is 5.49. The Morgan fingerprint density at radius 2 is 1.86 bits per heavy atom. The molecular formula is C21H30O. The van der Waals surface area contributed by atoms with Gasteiger partial charge in [-0.05, 0) is 68.4 Å². The second-order valence-corrected chi connectivity index (χ2v) is 6.41. The molecule has 0 aromatic heterocycles. The largest absolute Gasteiger partial charge is 0.373 e. The summed E-state index contributed by atoms with van der Waals surface area (Å²) in [5, 5.41) is 0. The Labute approximate surface area is 136 Å². The zero-order valence-corrected chi connectivity index (χ0v) is 14.0. The van der Waals surface area contributed by atoms with E-state index in [-0.39, 0.29) is 0 Å². The first-order valence-corrected chi connectivity index (χ1v) is 8.72. The van der Waals surface area contributed by atoms with Gasteiger partial charge in [0.2, 0.25) is 0 Å². The standard InChI is InChI=1S/C21H30O/c1-3-5-6-7-18-8-12-20(13-9-18)21-14-10-19(11-15-21)17-22-16-4-2/h3-5,10-11,14-15,18,20H,2,6-9,12-13,16-17H2,1H3. The molecule has 2 rings (SSSR count). The van der Waals surface area contributed by atoms with Crippen molar-refractivity contribution in [2.24, 2.45) is 5.92 Å². The van der Waals surface area contributed by atoms with Crippen molar-refractivity contribution in [2.45, 2.75) is 58.0 Å². The summed E-state index contributed by atoms with van der Waals surface area (Å²) in [5.74, 6) is 1.71. The Bertz CT molecular complexity index is 449. The van der Waals surface area contributed by atoms with E-state index in [0.717, 1.165) is 11.8 Å². The average Bonchev–Trinajstić information content (AvgIpc) is 2.57. The zero-order valence-electron chi connectivity index (χ0n) is 14.0. The Morgan fingerprint density at radius 1 is 1.14 bits per heavy atom. The molecule has 1 heteroatoms. The van der Waals surface area contributed by atoms with Gasteiger partial charge in [0.25, 0.3) is 0 Å². The lowest BCUT2D eigenvalue weighted by atomic mass is 9.77. The molecule has 1 aliphatic carbocycles. The van der Waals surface area contributed by atoms with E-state index in [2.05, 4.69) is 49.9 Å². The molecule has 1 fully saturated rings. The summed E-state index contributed by atoms with van der Waals surface area (Å²) in [6.45, 7) is 7.09. The lowest BCUT2D eigenvalue weighted by molar-refractivity contribution is 0.149. The van der Waals surface area contributed by atoms with Gasteiger partial charge in [0, 0.05) is 0 Å². The number of allylic oxidation sites excluding steroid dienone is 2. The van der Waals surface area contributed by atoms with E-state index in [1.165, 1.54) is 49.7 Å². The van der Waals surface area contributed by atoms with Crippen molar-refractivity contribution in [3.8, 4) is 0 Å². The molecule has 0 bridgehead atoms. The minimum Gasteiger partial charge on any atom is -0.373 e. The lowest BCUT2D eigenvalue weighted by Crippen LogP contribution is -2.13. The third-order valence-electron chi connectivity index (χ3n) is 4.78. The smallest absolute Gasteiger partial charge is 0.0721 e. The maximum Gasteiger partial charge on any atom is 0.0721 e. The maximum atomic E-state index is 5.49. The Balaban J connectivity index is 1.77. The predicted molar refractivity (Wildman–Crippen MR) is 95.0 cm³/mol. The fourth-order valence-corrected chi connectivity index (χ4v) is 3.43. The lowest BCUT2D eigenvalue weighted by Gasteiger charge is -2.28. The Morgan fingerprint density at radius 3 is 2.50 bits per heavy atom. The first-order valence-electron chi connectivity index (χ1n) is 8.72. The third kappa shape index (κ3) is 5.46. The van der Waals surface area contributed by atoms with Crippen LogP contribution in [0.25, 0.3) is 0 Å². The molecule has 22 heavy (non-hydrogen) atoms. The van der Waals surface area contributed by atoms with Crippen LogP contribution in [0.3, 0.4) is 0 Å². The van der Waals surface area contributed by atoms with Gasteiger partial charge in [-0.3, -0.25) is 0 Å². The molecule has 0 spiro atoms. The quantitative estimate of drug-likeness (QED) is 0.421. The minimum atomic E-state index is 0.624. The SMILES string of the molecule is C=CCOCc1ccc(C2CCC(CCC=CC)CC2)cc1. The van der Waals surface area contributed by atoms with Crippen molar-refractivity contribution < 1.29 is 4.74 Å². The summed E-state index contributed by atoms with van der Waals surface area (Å²) in [6, 6.07) is 9.04. The van der Waals surface area contributed by atoms with Gasteiger partial charge in [0.1, 0.15) is 0 Å². The van der Waals surface area contributed by atoms with Gasteiger partial charge in [-0.1, -0.05) is 42.5 Å². The number of rotatable bonds is 8. The molecule has 1 aliphatic rings. The molecule has 0 aliphatic heterocycles. The van der Waals surface area contributed by atoms with Gasteiger partial charge < -0.3 is 4.74 Å². The molecule has 0 amide bonds. The fraction of sp³-hybridized carbons (Fsp3) is 0.524. The van der Waals surface area contributed by atoms with E-state index in [9.17, 15) is 0 Å². The van der Waals surface area contributed by atoms with Crippen LogP contribution in [0.1, 0.15) is 62.5 Å². The second kappa shape index (κ2) is 9.63. The van der Waals surface area contributed by atoms with E-state index >= 15 is 0 Å². The van der Waals surface area contributed by atoms with E-state index in [0.29, 0.717) is 13.2 Å². The van der Waals surface area contributed by atoms with Crippen LogP contribution in [-0.2, 0) is 11.3 Å². The van der Waals surface area contributed by atoms with Crippen molar-refractivity contribution in [3.63, 3.8) is 0 Å². The topological polar surface area (TPSA) is 9.23 Å². The molecule has 1 aromatic carbocycles. The fourth-order valence-electron chi connectivity index (χ4n) is 3.43. The average molecular weight is 298 g/mol.